The summed E-state index contributed by atoms with van der Waals surface area (Å²) in [6.45, 7) is 0.821. The maximum absolute atomic E-state index is 12.4. The Kier molecular flexibility index (Phi) is 3.16. The van der Waals surface area contributed by atoms with Crippen LogP contribution in [0.15, 0.2) is 0 Å². The van der Waals surface area contributed by atoms with Crippen molar-refractivity contribution >= 4 is 0 Å². The van der Waals surface area contributed by atoms with Crippen LogP contribution in [-0.2, 0) is 0 Å². The molecule has 78 valence electrons. The molecule has 0 radical (unpaired) electrons. The molecule has 0 bridgehead atoms. The van der Waals surface area contributed by atoms with E-state index in [2.05, 4.69) is 5.32 Å². The van der Waals surface area contributed by atoms with Crippen molar-refractivity contribution in [3.63, 3.8) is 0 Å². The zero-order valence-corrected chi connectivity index (χ0v) is 7.37. The Morgan fingerprint density at radius 3 is 2.31 bits per heavy atom. The molecule has 1 atom stereocenters. The molecule has 1 fully saturated rings. The van der Waals surface area contributed by atoms with E-state index in [1.54, 1.807) is 6.92 Å². The fraction of sp³-hybridized carbons (Fsp3) is 1.00. The number of hydrogen-bond donors (Lipinski definition) is 1. The number of hydrogen-bond acceptors (Lipinski definition) is 1. The molecule has 1 N–H and O–H groups in total. The van der Waals surface area contributed by atoms with Crippen LogP contribution in [0.3, 0.4) is 0 Å². The van der Waals surface area contributed by atoms with Crippen LogP contribution in [0, 0.1) is 5.92 Å². The Morgan fingerprint density at radius 1 is 1.38 bits per heavy atom. The van der Waals surface area contributed by atoms with Gasteiger partial charge in [0.2, 0.25) is 0 Å². The molecule has 0 amide bonds. The van der Waals surface area contributed by atoms with E-state index in [0.717, 1.165) is 12.8 Å². The molecule has 5 heteroatoms. The van der Waals surface area contributed by atoms with Crippen LogP contribution in [0.25, 0.3) is 0 Å². The summed E-state index contributed by atoms with van der Waals surface area (Å²) in [6.07, 6.45) is -1.56. The Bertz CT molecular complexity index is 168. The highest BCUT2D eigenvalue weighted by Crippen LogP contribution is 2.32. The third-order valence-electron chi connectivity index (χ3n) is 2.31. The van der Waals surface area contributed by atoms with Crippen molar-refractivity contribution in [1.29, 1.82) is 0 Å². The first-order chi connectivity index (χ1) is 5.93. The van der Waals surface area contributed by atoms with Gasteiger partial charge in [0.15, 0.2) is 0 Å². The van der Waals surface area contributed by atoms with Gasteiger partial charge in [0.05, 0.1) is 6.54 Å². The van der Waals surface area contributed by atoms with Gasteiger partial charge in [-0.2, -0.15) is 8.78 Å². The summed E-state index contributed by atoms with van der Waals surface area (Å²) in [4.78, 5) is 0. The summed E-state index contributed by atoms with van der Waals surface area (Å²) in [5.74, 6) is -3.50. The molecule has 13 heavy (non-hydrogen) atoms. The molecule has 1 unspecified atom stereocenters. The number of nitrogens with one attached hydrogen (secondary N) is 1. The highest BCUT2D eigenvalue weighted by atomic mass is 19.3. The van der Waals surface area contributed by atoms with Crippen molar-refractivity contribution in [2.75, 3.05) is 6.54 Å². The molecule has 1 aliphatic rings. The molecule has 1 nitrogen and oxygen atoms in total. The lowest BCUT2D eigenvalue weighted by Crippen LogP contribution is -2.42. The Labute approximate surface area is 74.5 Å². The van der Waals surface area contributed by atoms with Crippen LogP contribution in [0.1, 0.15) is 19.8 Å². The van der Waals surface area contributed by atoms with Gasteiger partial charge in [-0.1, -0.05) is 0 Å². The molecule has 1 aliphatic carbocycles. The van der Waals surface area contributed by atoms with Crippen LogP contribution in [0.4, 0.5) is 17.6 Å². The average Bonchev–Trinajstić information content (AvgIpc) is 2.82. The van der Waals surface area contributed by atoms with Gasteiger partial charge in [0, 0.05) is 6.04 Å². The summed E-state index contributed by atoms with van der Waals surface area (Å²) in [7, 11) is 0. The van der Waals surface area contributed by atoms with Crippen molar-refractivity contribution in [1.82, 2.24) is 5.32 Å². The molecule has 0 aromatic rings. The van der Waals surface area contributed by atoms with Gasteiger partial charge in [-0.05, 0) is 25.7 Å². The Hall–Kier alpha value is -0.320. The molecule has 0 aromatic heterocycles. The SMILES string of the molecule is CC(NCC(F)(F)C(F)F)C1CC1. The molecule has 0 heterocycles. The van der Waals surface area contributed by atoms with E-state index < -0.39 is 18.9 Å². The highest BCUT2D eigenvalue weighted by molar-refractivity contribution is 4.85. The monoisotopic (exact) mass is 199 g/mol. The summed E-state index contributed by atoms with van der Waals surface area (Å²) >= 11 is 0. The maximum atomic E-state index is 12.4. The number of alkyl halides is 4. The first kappa shape index (κ1) is 10.8. The van der Waals surface area contributed by atoms with E-state index in [1.165, 1.54) is 0 Å². The predicted molar refractivity (Wildman–Crippen MR) is 41.1 cm³/mol. The lowest BCUT2D eigenvalue weighted by atomic mass is 10.2. The van der Waals surface area contributed by atoms with Crippen molar-refractivity contribution in [2.45, 2.75) is 38.2 Å². The lowest BCUT2D eigenvalue weighted by Gasteiger charge is -2.19. The van der Waals surface area contributed by atoms with Gasteiger partial charge in [0.25, 0.3) is 0 Å². The van der Waals surface area contributed by atoms with E-state index in [-0.39, 0.29) is 6.04 Å². The fourth-order valence-electron chi connectivity index (χ4n) is 1.14. The van der Waals surface area contributed by atoms with E-state index in [1.807, 2.05) is 0 Å². The zero-order chi connectivity index (χ0) is 10.1. The largest absolute Gasteiger partial charge is 0.319 e. The van der Waals surface area contributed by atoms with Crippen molar-refractivity contribution in [3.05, 3.63) is 0 Å². The highest BCUT2D eigenvalue weighted by Gasteiger charge is 2.41. The van der Waals surface area contributed by atoms with E-state index in [9.17, 15) is 17.6 Å². The maximum Gasteiger partial charge on any atom is 0.319 e. The molecule has 0 spiro atoms. The van der Waals surface area contributed by atoms with Gasteiger partial charge in [-0.3, -0.25) is 0 Å². The first-order valence-corrected chi connectivity index (χ1v) is 4.33. The molecular formula is C8H13F4N. The quantitative estimate of drug-likeness (QED) is 0.670. The summed E-state index contributed by atoms with van der Waals surface area (Å²) in [6, 6.07) is -0.0791. The third-order valence-corrected chi connectivity index (χ3v) is 2.31. The van der Waals surface area contributed by atoms with Gasteiger partial charge in [-0.25, -0.2) is 8.78 Å². The molecule has 0 aromatic carbocycles. The second-order valence-electron chi connectivity index (χ2n) is 3.57. The normalized spacial score (nSPS) is 20.8. The van der Waals surface area contributed by atoms with Crippen LogP contribution in [0.2, 0.25) is 0 Å². The smallest absolute Gasteiger partial charge is 0.308 e. The van der Waals surface area contributed by atoms with E-state index >= 15 is 0 Å². The van der Waals surface area contributed by atoms with Crippen LogP contribution in [-0.4, -0.2) is 24.9 Å². The summed E-state index contributed by atoms with van der Waals surface area (Å²) in [5, 5.41) is 2.44. The number of rotatable bonds is 5. The lowest BCUT2D eigenvalue weighted by molar-refractivity contribution is -0.126. The van der Waals surface area contributed by atoms with Crippen molar-refractivity contribution < 1.29 is 17.6 Å². The minimum atomic E-state index is -3.90. The van der Waals surface area contributed by atoms with E-state index in [4.69, 9.17) is 0 Å². The molecule has 0 saturated heterocycles. The molecular weight excluding hydrogens is 186 g/mol. The minimum Gasteiger partial charge on any atom is -0.308 e. The molecule has 1 rings (SSSR count). The van der Waals surface area contributed by atoms with Gasteiger partial charge in [0.1, 0.15) is 0 Å². The minimum absolute atomic E-state index is 0.0791. The zero-order valence-electron chi connectivity index (χ0n) is 7.37. The Balaban J connectivity index is 2.23. The molecule has 0 aliphatic heterocycles. The van der Waals surface area contributed by atoms with Crippen LogP contribution < -0.4 is 5.32 Å². The topological polar surface area (TPSA) is 12.0 Å². The van der Waals surface area contributed by atoms with Crippen LogP contribution >= 0.6 is 0 Å². The van der Waals surface area contributed by atoms with Crippen molar-refractivity contribution in [2.24, 2.45) is 5.92 Å². The predicted octanol–water partition coefficient (Wildman–Crippen LogP) is 2.27. The summed E-state index contributed by atoms with van der Waals surface area (Å²) in [5.41, 5.74) is 0. The van der Waals surface area contributed by atoms with Crippen molar-refractivity contribution in [3.8, 4) is 0 Å². The Morgan fingerprint density at radius 2 is 1.92 bits per heavy atom. The summed E-state index contributed by atoms with van der Waals surface area (Å²) < 4.78 is 48.1. The van der Waals surface area contributed by atoms with Gasteiger partial charge < -0.3 is 5.32 Å². The van der Waals surface area contributed by atoms with Crippen LogP contribution in [0.5, 0.6) is 0 Å². The fourth-order valence-corrected chi connectivity index (χ4v) is 1.14. The van der Waals surface area contributed by atoms with Gasteiger partial charge in [-0.15, -0.1) is 0 Å². The number of halogens is 4. The standard InChI is InChI=1S/C8H13F4N/c1-5(6-2-3-6)13-4-8(11,12)7(9)10/h5-7,13H,2-4H2,1H3. The second kappa shape index (κ2) is 3.82. The average molecular weight is 199 g/mol. The second-order valence-corrected chi connectivity index (χ2v) is 3.57. The molecule has 1 saturated carbocycles. The third kappa shape index (κ3) is 3.14. The van der Waals surface area contributed by atoms with E-state index in [0.29, 0.717) is 5.92 Å². The first-order valence-electron chi connectivity index (χ1n) is 4.33. The van der Waals surface area contributed by atoms with Gasteiger partial charge >= 0.3 is 12.3 Å².